The lowest BCUT2D eigenvalue weighted by atomic mass is 9.95. The molecule has 1 saturated heterocycles. The third kappa shape index (κ3) is 3.84. The number of nitrogens with two attached hydrogens (primary N) is 1. The third-order valence-corrected chi connectivity index (χ3v) is 6.55. The minimum absolute atomic E-state index is 0.0120. The smallest absolute Gasteiger partial charge is 0.347 e. The normalized spacial score (nSPS) is 18.7. The van der Waals surface area contributed by atoms with Crippen molar-refractivity contribution in [3.8, 4) is 23.6 Å². The highest BCUT2D eigenvalue weighted by Gasteiger charge is 2.44. The molecule has 0 amide bonds. The first-order valence-corrected chi connectivity index (χ1v) is 11.9. The molecule has 9 heteroatoms. The van der Waals surface area contributed by atoms with Crippen molar-refractivity contribution in [2.45, 2.75) is 26.3 Å². The molecule has 1 saturated carbocycles. The SMILES string of the molecule is C#Cc1c(F)ccc2cc(N)cc(-c3ncc4c(N5CCOCC6CC65)nc(=O)[nH]c4c3F)c12.CC. The van der Waals surface area contributed by atoms with Gasteiger partial charge in [0.25, 0.3) is 0 Å². The van der Waals surface area contributed by atoms with Gasteiger partial charge in [-0.15, -0.1) is 6.42 Å². The molecule has 1 aliphatic heterocycles. The molecule has 2 aromatic heterocycles. The number of terminal acetylenes is 1. The lowest BCUT2D eigenvalue weighted by Gasteiger charge is -2.23. The number of hydrogen-bond donors (Lipinski definition) is 2. The van der Waals surface area contributed by atoms with Gasteiger partial charge in [0, 0.05) is 41.3 Å². The van der Waals surface area contributed by atoms with Crippen molar-refractivity contribution >= 4 is 33.2 Å². The van der Waals surface area contributed by atoms with Crippen molar-refractivity contribution in [2.24, 2.45) is 5.92 Å². The molecule has 36 heavy (non-hydrogen) atoms. The van der Waals surface area contributed by atoms with Crippen molar-refractivity contribution in [1.29, 1.82) is 0 Å². The number of aromatic amines is 1. The Kier molecular flexibility index (Phi) is 6.06. The number of anilines is 2. The summed E-state index contributed by atoms with van der Waals surface area (Å²) in [4.78, 5) is 25.5. The molecule has 2 aliphatic rings. The number of fused-ring (bicyclic) bond motifs is 3. The highest BCUT2D eigenvalue weighted by atomic mass is 19.1. The molecule has 3 heterocycles. The standard InChI is InChI=1S/C25H19F2N5O2.C2H6/c1-2-15-18(26)4-3-12-7-14(28)9-16(20(12)15)22-21(27)23-17(10-29-22)24(31-25(33)30-23)32-5-6-34-11-13-8-19(13)32;1-2/h1,3-4,7,9-10,13,19H,5-6,8,11,28H2,(H,30,31,33);1-2H3. The molecule has 7 nitrogen and oxygen atoms in total. The van der Waals surface area contributed by atoms with Crippen LogP contribution in [0.15, 0.2) is 35.3 Å². The number of nitrogens with one attached hydrogen (secondary N) is 1. The van der Waals surface area contributed by atoms with Gasteiger partial charge in [0.2, 0.25) is 0 Å². The van der Waals surface area contributed by atoms with Crippen molar-refractivity contribution < 1.29 is 13.5 Å². The molecule has 0 spiro atoms. The largest absolute Gasteiger partial charge is 0.399 e. The zero-order valence-electron chi connectivity index (χ0n) is 19.9. The molecule has 2 unspecified atom stereocenters. The van der Waals surface area contributed by atoms with E-state index in [4.69, 9.17) is 16.9 Å². The van der Waals surface area contributed by atoms with E-state index in [1.54, 1.807) is 6.07 Å². The van der Waals surface area contributed by atoms with Crippen LogP contribution in [0.1, 0.15) is 25.8 Å². The van der Waals surface area contributed by atoms with Gasteiger partial charge >= 0.3 is 5.69 Å². The van der Waals surface area contributed by atoms with E-state index in [2.05, 4.69) is 20.9 Å². The molecule has 3 N–H and O–H groups in total. The predicted octanol–water partition coefficient (Wildman–Crippen LogP) is 4.23. The second-order valence-corrected chi connectivity index (χ2v) is 8.64. The molecule has 2 aromatic carbocycles. The van der Waals surface area contributed by atoms with Crippen LogP contribution in [0.4, 0.5) is 20.3 Å². The van der Waals surface area contributed by atoms with Crippen LogP contribution < -0.4 is 16.3 Å². The van der Waals surface area contributed by atoms with Crippen LogP contribution >= 0.6 is 0 Å². The summed E-state index contributed by atoms with van der Waals surface area (Å²) in [6, 6.07) is 6.11. The Bertz CT molecular complexity index is 1590. The molecular weight excluding hydrogens is 464 g/mol. The highest BCUT2D eigenvalue weighted by molar-refractivity contribution is 6.03. The number of H-pyrrole nitrogens is 1. The third-order valence-electron chi connectivity index (χ3n) is 6.55. The van der Waals surface area contributed by atoms with Gasteiger partial charge in [-0.3, -0.25) is 4.98 Å². The summed E-state index contributed by atoms with van der Waals surface area (Å²) in [7, 11) is 0. The number of ether oxygens (including phenoxy) is 1. The number of nitrogen functional groups attached to an aromatic ring is 1. The second-order valence-electron chi connectivity index (χ2n) is 8.64. The van der Waals surface area contributed by atoms with Crippen LogP contribution in [-0.2, 0) is 4.74 Å². The predicted molar refractivity (Wildman–Crippen MR) is 137 cm³/mol. The van der Waals surface area contributed by atoms with E-state index < -0.39 is 17.3 Å². The first-order chi connectivity index (χ1) is 17.5. The van der Waals surface area contributed by atoms with Gasteiger partial charge in [0.15, 0.2) is 5.82 Å². The maximum atomic E-state index is 16.0. The van der Waals surface area contributed by atoms with E-state index in [9.17, 15) is 9.18 Å². The van der Waals surface area contributed by atoms with Crippen LogP contribution in [0.25, 0.3) is 32.9 Å². The summed E-state index contributed by atoms with van der Waals surface area (Å²) >= 11 is 0. The van der Waals surface area contributed by atoms with E-state index >= 15 is 4.39 Å². The van der Waals surface area contributed by atoms with Crippen LogP contribution in [0.2, 0.25) is 0 Å². The number of nitrogens with zero attached hydrogens (tertiary/aromatic N) is 3. The summed E-state index contributed by atoms with van der Waals surface area (Å²) < 4.78 is 36.1. The molecular formula is C27H25F2N5O2. The Morgan fingerprint density at radius 1 is 1.28 bits per heavy atom. The zero-order chi connectivity index (χ0) is 25.6. The van der Waals surface area contributed by atoms with Crippen molar-refractivity contribution in [3.63, 3.8) is 0 Å². The Morgan fingerprint density at radius 3 is 2.86 bits per heavy atom. The highest BCUT2D eigenvalue weighted by Crippen LogP contribution is 2.42. The monoisotopic (exact) mass is 489 g/mol. The van der Waals surface area contributed by atoms with Crippen molar-refractivity contribution in [3.05, 3.63) is 58.1 Å². The fourth-order valence-corrected chi connectivity index (χ4v) is 4.89. The molecule has 0 radical (unpaired) electrons. The lowest BCUT2D eigenvalue weighted by Crippen LogP contribution is -2.32. The lowest BCUT2D eigenvalue weighted by molar-refractivity contribution is 0.139. The Labute approximate surface area is 206 Å². The molecule has 2 fully saturated rings. The summed E-state index contributed by atoms with van der Waals surface area (Å²) in [5, 5.41) is 1.26. The first kappa shape index (κ1) is 23.7. The fourth-order valence-electron chi connectivity index (χ4n) is 4.89. The maximum Gasteiger partial charge on any atom is 0.347 e. The number of benzene rings is 2. The summed E-state index contributed by atoms with van der Waals surface area (Å²) in [5.74, 6) is 1.72. The second kappa shape index (κ2) is 9.21. The topological polar surface area (TPSA) is 97.1 Å². The minimum Gasteiger partial charge on any atom is -0.399 e. The number of rotatable bonds is 2. The Hall–Kier alpha value is -4.03. The number of hydrogen-bond acceptors (Lipinski definition) is 6. The van der Waals surface area contributed by atoms with Crippen molar-refractivity contribution in [1.82, 2.24) is 15.0 Å². The number of halogens is 2. The van der Waals surface area contributed by atoms with Crippen LogP contribution in [0.5, 0.6) is 0 Å². The summed E-state index contributed by atoms with van der Waals surface area (Å²) in [6.07, 6.45) is 7.98. The number of aromatic nitrogens is 3. The molecule has 6 rings (SSSR count). The van der Waals surface area contributed by atoms with Crippen molar-refractivity contribution in [2.75, 3.05) is 30.4 Å². The molecule has 2 atom stereocenters. The van der Waals surface area contributed by atoms with E-state index in [0.29, 0.717) is 53.3 Å². The Morgan fingerprint density at radius 2 is 2.08 bits per heavy atom. The van der Waals surface area contributed by atoms with Gasteiger partial charge in [-0.2, -0.15) is 4.98 Å². The fraction of sp³-hybridized carbons (Fsp3) is 0.296. The molecule has 184 valence electrons. The van der Waals surface area contributed by atoms with Crippen LogP contribution in [-0.4, -0.2) is 40.8 Å². The van der Waals surface area contributed by atoms with Gasteiger partial charge in [0.05, 0.1) is 29.7 Å². The van der Waals surface area contributed by atoms with Gasteiger partial charge in [-0.05, 0) is 30.0 Å². The van der Waals surface area contributed by atoms with Gasteiger partial charge < -0.3 is 20.4 Å². The molecule has 0 bridgehead atoms. The quantitative estimate of drug-likeness (QED) is 0.323. The first-order valence-electron chi connectivity index (χ1n) is 11.9. The van der Waals surface area contributed by atoms with Crippen LogP contribution in [0, 0.1) is 29.9 Å². The van der Waals surface area contributed by atoms with Gasteiger partial charge in [0.1, 0.15) is 17.3 Å². The van der Waals surface area contributed by atoms with Gasteiger partial charge in [-0.1, -0.05) is 25.8 Å². The average Bonchev–Trinajstić information content (AvgIpc) is 3.66. The van der Waals surface area contributed by atoms with E-state index in [1.165, 1.54) is 24.4 Å². The van der Waals surface area contributed by atoms with Crippen LogP contribution in [0.3, 0.4) is 0 Å². The summed E-state index contributed by atoms with van der Waals surface area (Å²) in [5.41, 5.74) is 5.82. The van der Waals surface area contributed by atoms with E-state index in [1.807, 2.05) is 18.7 Å². The minimum atomic E-state index is -0.768. The average molecular weight is 490 g/mol. The summed E-state index contributed by atoms with van der Waals surface area (Å²) in [6.45, 7) is 5.70. The van der Waals surface area contributed by atoms with E-state index in [0.717, 1.165) is 6.42 Å². The maximum absolute atomic E-state index is 16.0. The molecule has 1 aliphatic carbocycles. The number of pyridine rings is 1. The zero-order valence-corrected chi connectivity index (χ0v) is 19.9. The molecule has 4 aromatic rings. The van der Waals surface area contributed by atoms with E-state index in [-0.39, 0.29) is 28.4 Å². The van der Waals surface area contributed by atoms with Gasteiger partial charge in [-0.25, -0.2) is 13.6 Å². The Balaban J connectivity index is 0.00000130.